The van der Waals surface area contributed by atoms with Crippen LogP contribution in [-0.2, 0) is 0 Å². The first-order valence-electron chi connectivity index (χ1n) is 6.06. The summed E-state index contributed by atoms with van der Waals surface area (Å²) in [5, 5.41) is 5.33. The van der Waals surface area contributed by atoms with Crippen molar-refractivity contribution in [3.8, 4) is 0 Å². The summed E-state index contributed by atoms with van der Waals surface area (Å²) in [5.41, 5.74) is 1.89. The Bertz CT molecular complexity index is 656. The monoisotopic (exact) mass is 276 g/mol. The Hall–Kier alpha value is -2.43. The van der Waals surface area contributed by atoms with Crippen molar-refractivity contribution in [2.24, 2.45) is 0 Å². The number of benzene rings is 2. The van der Waals surface area contributed by atoms with Crippen LogP contribution in [0.5, 0.6) is 0 Å². The van der Waals surface area contributed by atoms with Gasteiger partial charge in [0.05, 0.1) is 11.3 Å². The van der Waals surface area contributed by atoms with E-state index < -0.39 is 17.5 Å². The molecule has 0 aliphatic rings. The molecular formula is C15H14F2N2O. The average Bonchev–Trinajstić information content (AvgIpc) is 2.41. The number of hydrogen-bond donors (Lipinski definition) is 2. The molecule has 2 rings (SSSR count). The van der Waals surface area contributed by atoms with Gasteiger partial charge >= 0.3 is 0 Å². The number of nitrogens with one attached hydrogen (secondary N) is 2. The van der Waals surface area contributed by atoms with Gasteiger partial charge in [-0.05, 0) is 31.2 Å². The first-order valence-corrected chi connectivity index (χ1v) is 6.06. The maximum atomic E-state index is 13.5. The highest BCUT2D eigenvalue weighted by molar-refractivity contribution is 6.08. The van der Waals surface area contributed by atoms with Crippen LogP contribution in [0.4, 0.5) is 20.2 Å². The van der Waals surface area contributed by atoms with Crippen LogP contribution < -0.4 is 10.6 Å². The smallest absolute Gasteiger partial charge is 0.257 e. The number of anilines is 2. The fourth-order valence-corrected chi connectivity index (χ4v) is 1.84. The molecule has 0 fully saturated rings. The number of amides is 1. The van der Waals surface area contributed by atoms with Crippen LogP contribution in [0.2, 0.25) is 0 Å². The molecule has 0 unspecified atom stereocenters. The van der Waals surface area contributed by atoms with Gasteiger partial charge in [0.25, 0.3) is 5.91 Å². The van der Waals surface area contributed by atoms with Crippen LogP contribution in [0.15, 0.2) is 36.4 Å². The molecule has 0 saturated heterocycles. The van der Waals surface area contributed by atoms with E-state index in [1.54, 1.807) is 19.2 Å². The fourth-order valence-electron chi connectivity index (χ4n) is 1.84. The van der Waals surface area contributed by atoms with E-state index in [0.717, 1.165) is 17.7 Å². The quantitative estimate of drug-likeness (QED) is 0.899. The zero-order chi connectivity index (χ0) is 14.7. The van der Waals surface area contributed by atoms with E-state index in [0.29, 0.717) is 11.3 Å². The van der Waals surface area contributed by atoms with Gasteiger partial charge in [-0.15, -0.1) is 0 Å². The van der Waals surface area contributed by atoms with Gasteiger partial charge in [0.2, 0.25) is 0 Å². The van der Waals surface area contributed by atoms with Gasteiger partial charge in [-0.25, -0.2) is 8.78 Å². The zero-order valence-electron chi connectivity index (χ0n) is 11.1. The van der Waals surface area contributed by atoms with E-state index in [4.69, 9.17) is 0 Å². The van der Waals surface area contributed by atoms with Crippen LogP contribution in [0.3, 0.4) is 0 Å². The Morgan fingerprint density at radius 1 is 1.05 bits per heavy atom. The number of halogens is 2. The summed E-state index contributed by atoms with van der Waals surface area (Å²) in [6.45, 7) is 1.86. The number of carbonyl (C=O) groups is 1. The molecule has 0 saturated carbocycles. The molecule has 0 aromatic heterocycles. The van der Waals surface area contributed by atoms with Gasteiger partial charge in [-0.3, -0.25) is 4.79 Å². The molecule has 2 aromatic rings. The minimum Gasteiger partial charge on any atom is -0.387 e. The van der Waals surface area contributed by atoms with E-state index in [1.807, 2.05) is 13.0 Å². The molecule has 0 aliphatic carbocycles. The maximum Gasteiger partial charge on any atom is 0.257 e. The van der Waals surface area contributed by atoms with Crippen LogP contribution in [-0.4, -0.2) is 13.0 Å². The summed E-state index contributed by atoms with van der Waals surface area (Å²) < 4.78 is 26.3. The summed E-state index contributed by atoms with van der Waals surface area (Å²) >= 11 is 0. The van der Waals surface area contributed by atoms with Gasteiger partial charge in [0.15, 0.2) is 0 Å². The largest absolute Gasteiger partial charge is 0.387 e. The molecule has 5 heteroatoms. The molecule has 0 aliphatic heterocycles. The Balaban J connectivity index is 2.30. The lowest BCUT2D eigenvalue weighted by atomic mass is 10.1. The highest BCUT2D eigenvalue weighted by atomic mass is 19.1. The van der Waals surface area contributed by atoms with Crippen LogP contribution in [0.25, 0.3) is 0 Å². The molecule has 2 aromatic carbocycles. The fraction of sp³-hybridized carbons (Fsp3) is 0.133. The highest BCUT2D eigenvalue weighted by Crippen LogP contribution is 2.20. The van der Waals surface area contributed by atoms with Crippen molar-refractivity contribution in [1.82, 2.24) is 0 Å². The number of rotatable bonds is 3. The predicted octanol–water partition coefficient (Wildman–Crippen LogP) is 3.57. The van der Waals surface area contributed by atoms with E-state index in [2.05, 4.69) is 10.6 Å². The number of hydrogen-bond acceptors (Lipinski definition) is 2. The molecule has 0 spiro atoms. The highest BCUT2D eigenvalue weighted by Gasteiger charge is 2.13. The molecule has 1 amide bonds. The van der Waals surface area contributed by atoms with E-state index >= 15 is 0 Å². The predicted molar refractivity (Wildman–Crippen MR) is 75.0 cm³/mol. The van der Waals surface area contributed by atoms with Crippen LogP contribution in [0.1, 0.15) is 15.9 Å². The Kier molecular flexibility index (Phi) is 3.98. The lowest BCUT2D eigenvalue weighted by Gasteiger charge is -2.11. The van der Waals surface area contributed by atoms with Crippen molar-refractivity contribution in [1.29, 1.82) is 0 Å². The lowest BCUT2D eigenvalue weighted by molar-refractivity contribution is 0.102. The molecule has 104 valence electrons. The van der Waals surface area contributed by atoms with Gasteiger partial charge in [-0.1, -0.05) is 11.6 Å². The standard InChI is InChI=1S/C15H14F2N2O/c1-9-3-5-13(18-2)11(7-9)15(20)19-14-6-4-10(16)8-12(14)17/h3-8,18H,1-2H3,(H,19,20). The summed E-state index contributed by atoms with van der Waals surface area (Å²) in [6.07, 6.45) is 0. The van der Waals surface area contributed by atoms with Gasteiger partial charge in [0.1, 0.15) is 11.6 Å². The molecule has 2 N–H and O–H groups in total. The molecule has 20 heavy (non-hydrogen) atoms. The normalized spacial score (nSPS) is 10.2. The second kappa shape index (κ2) is 5.69. The average molecular weight is 276 g/mol. The van der Waals surface area contributed by atoms with E-state index in [9.17, 15) is 13.6 Å². The van der Waals surface area contributed by atoms with Crippen molar-refractivity contribution in [3.63, 3.8) is 0 Å². The third-order valence-electron chi connectivity index (χ3n) is 2.87. The van der Waals surface area contributed by atoms with E-state index in [1.165, 1.54) is 6.07 Å². The minimum atomic E-state index is -0.808. The number of carbonyl (C=O) groups excluding carboxylic acids is 1. The summed E-state index contributed by atoms with van der Waals surface area (Å²) in [4.78, 5) is 12.2. The van der Waals surface area contributed by atoms with Crippen molar-refractivity contribution in [2.45, 2.75) is 6.92 Å². The van der Waals surface area contributed by atoms with Crippen LogP contribution >= 0.6 is 0 Å². The summed E-state index contributed by atoms with van der Waals surface area (Å²) in [7, 11) is 1.69. The van der Waals surface area contributed by atoms with Gasteiger partial charge in [-0.2, -0.15) is 0 Å². The van der Waals surface area contributed by atoms with Crippen molar-refractivity contribution in [3.05, 3.63) is 59.2 Å². The third kappa shape index (κ3) is 2.93. The second-order valence-electron chi connectivity index (χ2n) is 4.38. The van der Waals surface area contributed by atoms with Gasteiger partial charge in [0, 0.05) is 18.8 Å². The van der Waals surface area contributed by atoms with Crippen molar-refractivity contribution >= 4 is 17.3 Å². The lowest BCUT2D eigenvalue weighted by Crippen LogP contribution is -2.15. The molecule has 0 heterocycles. The maximum absolute atomic E-state index is 13.5. The van der Waals surface area contributed by atoms with Crippen molar-refractivity contribution < 1.29 is 13.6 Å². The summed E-state index contributed by atoms with van der Waals surface area (Å²) in [5.74, 6) is -1.95. The van der Waals surface area contributed by atoms with Crippen LogP contribution in [0, 0.1) is 18.6 Å². The van der Waals surface area contributed by atoms with E-state index in [-0.39, 0.29) is 5.69 Å². The Morgan fingerprint density at radius 2 is 1.75 bits per heavy atom. The zero-order valence-corrected chi connectivity index (χ0v) is 11.1. The first-order chi connectivity index (χ1) is 9.51. The third-order valence-corrected chi connectivity index (χ3v) is 2.87. The Labute approximate surface area is 115 Å². The Morgan fingerprint density at radius 3 is 2.40 bits per heavy atom. The summed E-state index contributed by atoms with van der Waals surface area (Å²) in [6, 6.07) is 8.34. The molecular weight excluding hydrogens is 262 g/mol. The molecule has 0 radical (unpaired) electrons. The number of aryl methyl sites for hydroxylation is 1. The van der Waals surface area contributed by atoms with Crippen molar-refractivity contribution in [2.75, 3.05) is 17.7 Å². The first kappa shape index (κ1) is 14.0. The second-order valence-corrected chi connectivity index (χ2v) is 4.38. The van der Waals surface area contributed by atoms with Gasteiger partial charge < -0.3 is 10.6 Å². The molecule has 3 nitrogen and oxygen atoms in total. The molecule has 0 atom stereocenters. The molecule has 0 bridgehead atoms. The SMILES string of the molecule is CNc1ccc(C)cc1C(=O)Nc1ccc(F)cc1F. The minimum absolute atomic E-state index is 0.0556. The topological polar surface area (TPSA) is 41.1 Å².